The fourth-order valence-corrected chi connectivity index (χ4v) is 5.89. The minimum absolute atomic E-state index is 0.0342. The van der Waals surface area contributed by atoms with Crippen LogP contribution < -0.4 is 0 Å². The number of halogens is 1. The number of hydrogen-bond acceptors (Lipinski definition) is 4. The van der Waals surface area contributed by atoms with Crippen molar-refractivity contribution in [1.29, 1.82) is 0 Å². The molecule has 3 atom stereocenters. The van der Waals surface area contributed by atoms with E-state index in [0.717, 1.165) is 57.4 Å². The Morgan fingerprint density at radius 1 is 1.20 bits per heavy atom. The fraction of sp³-hybridized carbons (Fsp3) is 0.800. The van der Waals surface area contributed by atoms with Gasteiger partial charge in [-0.2, -0.15) is 0 Å². The Bertz CT molecular complexity index is 566. The Labute approximate surface area is 150 Å². The number of methoxy groups -OCH3 is 1. The van der Waals surface area contributed by atoms with Crippen molar-refractivity contribution in [2.24, 2.45) is 0 Å². The van der Waals surface area contributed by atoms with Gasteiger partial charge in [0, 0.05) is 24.7 Å². The molecule has 4 saturated heterocycles. The summed E-state index contributed by atoms with van der Waals surface area (Å²) in [5.41, 5.74) is 2.39. The molecule has 25 heavy (non-hydrogen) atoms. The summed E-state index contributed by atoms with van der Waals surface area (Å²) in [4.78, 5) is 5.00. The summed E-state index contributed by atoms with van der Waals surface area (Å²) in [6.07, 6.45) is 7.40. The molecule has 0 saturated carbocycles. The molecule has 0 amide bonds. The summed E-state index contributed by atoms with van der Waals surface area (Å²) in [5.74, 6) is 0. The molecule has 0 aliphatic carbocycles. The average molecular weight is 350 g/mol. The topological polar surface area (TPSA) is 24.9 Å². The molecule has 140 valence electrons. The van der Waals surface area contributed by atoms with E-state index in [-0.39, 0.29) is 11.1 Å². The first-order chi connectivity index (χ1) is 12.1. The van der Waals surface area contributed by atoms with Gasteiger partial charge in [-0.15, -0.1) is 0 Å². The van der Waals surface area contributed by atoms with Crippen LogP contribution in [0.5, 0.6) is 0 Å². The average Bonchev–Trinajstić information content (AvgIpc) is 3.28. The van der Waals surface area contributed by atoms with Gasteiger partial charge < -0.3 is 9.47 Å². The minimum Gasteiger partial charge on any atom is -0.383 e. The Hall–Kier alpha value is -0.750. The molecule has 0 aromatic heterocycles. The Morgan fingerprint density at radius 2 is 2.00 bits per heavy atom. The molecule has 0 aromatic rings. The zero-order valence-corrected chi connectivity index (χ0v) is 15.4. The van der Waals surface area contributed by atoms with Crippen LogP contribution in [0.1, 0.15) is 38.5 Å². The van der Waals surface area contributed by atoms with Gasteiger partial charge in [0.05, 0.1) is 32.2 Å². The van der Waals surface area contributed by atoms with Crippen LogP contribution in [0.2, 0.25) is 0 Å². The first-order valence-corrected chi connectivity index (χ1v) is 9.67. The van der Waals surface area contributed by atoms with Crippen molar-refractivity contribution >= 4 is 0 Å². The summed E-state index contributed by atoms with van der Waals surface area (Å²) >= 11 is 0. The van der Waals surface area contributed by atoms with E-state index in [1.807, 2.05) is 0 Å². The number of hydrogen-bond donors (Lipinski definition) is 0. The molecule has 0 radical (unpaired) electrons. The van der Waals surface area contributed by atoms with E-state index >= 15 is 0 Å². The highest BCUT2D eigenvalue weighted by atomic mass is 19.1. The molecule has 4 fully saturated rings. The van der Waals surface area contributed by atoms with Crippen molar-refractivity contribution in [2.75, 3.05) is 46.6 Å². The molecule has 4 aliphatic heterocycles. The molecular formula is C20H31FN2O2. The first-order valence-electron chi connectivity index (χ1n) is 9.67. The monoisotopic (exact) mass is 350 g/mol. The van der Waals surface area contributed by atoms with Crippen LogP contribution in [0.4, 0.5) is 4.39 Å². The van der Waals surface area contributed by atoms with E-state index in [4.69, 9.17) is 9.47 Å². The number of rotatable bonds is 6. The quantitative estimate of drug-likeness (QED) is 0.688. The fourth-order valence-electron chi connectivity index (χ4n) is 5.89. The zero-order valence-electron chi connectivity index (χ0n) is 15.4. The molecule has 0 N–H and O–H groups in total. The van der Waals surface area contributed by atoms with Crippen molar-refractivity contribution in [2.45, 2.75) is 55.6 Å². The maximum Gasteiger partial charge on any atom is 0.0872 e. The SMILES string of the molecule is C=C1CC2(COC)CCCN2C1COCC12CCCN1C/C(=C\F)C2. The van der Waals surface area contributed by atoms with Crippen LogP contribution in [0, 0.1) is 0 Å². The van der Waals surface area contributed by atoms with Gasteiger partial charge in [-0.3, -0.25) is 9.80 Å². The van der Waals surface area contributed by atoms with Crippen LogP contribution in [-0.2, 0) is 9.47 Å². The van der Waals surface area contributed by atoms with Crippen LogP contribution in [0.3, 0.4) is 0 Å². The predicted molar refractivity (Wildman–Crippen MR) is 96.3 cm³/mol. The predicted octanol–water partition coefficient (Wildman–Crippen LogP) is 2.90. The van der Waals surface area contributed by atoms with Crippen LogP contribution in [0.25, 0.3) is 0 Å². The molecular weight excluding hydrogens is 319 g/mol. The largest absolute Gasteiger partial charge is 0.383 e. The van der Waals surface area contributed by atoms with E-state index in [0.29, 0.717) is 19.3 Å². The maximum atomic E-state index is 13.0. The third-order valence-corrected chi connectivity index (χ3v) is 6.96. The molecule has 4 heterocycles. The van der Waals surface area contributed by atoms with Gasteiger partial charge in [0.2, 0.25) is 0 Å². The van der Waals surface area contributed by atoms with Crippen molar-refractivity contribution in [3.63, 3.8) is 0 Å². The lowest BCUT2D eigenvalue weighted by atomic mass is 9.93. The third kappa shape index (κ3) is 2.89. The highest BCUT2D eigenvalue weighted by Gasteiger charge is 2.51. The van der Waals surface area contributed by atoms with E-state index in [2.05, 4.69) is 16.4 Å². The van der Waals surface area contributed by atoms with Crippen LogP contribution in [0.15, 0.2) is 24.1 Å². The molecule has 0 spiro atoms. The second kappa shape index (κ2) is 6.76. The van der Waals surface area contributed by atoms with Crippen molar-refractivity contribution < 1.29 is 13.9 Å². The van der Waals surface area contributed by atoms with Gasteiger partial charge in [-0.1, -0.05) is 12.2 Å². The molecule has 3 unspecified atom stereocenters. The standard InChI is InChI=1S/C20H31FN2O2/c1-16-9-20(14-24-2)6-4-8-23(20)18(16)13-25-15-19-5-3-7-22(19)12-17(10-19)11-21/h11,18H,1,3-10,12-15H2,2H3/b17-11-. The summed E-state index contributed by atoms with van der Waals surface area (Å²) in [5, 5.41) is 0. The lowest BCUT2D eigenvalue weighted by Gasteiger charge is -2.35. The molecule has 4 rings (SSSR count). The second-order valence-electron chi connectivity index (χ2n) is 8.51. The lowest BCUT2D eigenvalue weighted by Crippen LogP contribution is -2.48. The highest BCUT2D eigenvalue weighted by Crippen LogP contribution is 2.45. The van der Waals surface area contributed by atoms with Gasteiger partial charge in [0.15, 0.2) is 0 Å². The van der Waals surface area contributed by atoms with Gasteiger partial charge in [0.25, 0.3) is 0 Å². The van der Waals surface area contributed by atoms with E-state index in [1.165, 1.54) is 24.8 Å². The van der Waals surface area contributed by atoms with Gasteiger partial charge in [-0.25, -0.2) is 4.39 Å². The normalized spacial score (nSPS) is 40.3. The minimum atomic E-state index is 0.0342. The molecule has 0 bridgehead atoms. The summed E-state index contributed by atoms with van der Waals surface area (Å²) in [6, 6.07) is 0.307. The van der Waals surface area contributed by atoms with Crippen molar-refractivity contribution in [1.82, 2.24) is 9.80 Å². The second-order valence-corrected chi connectivity index (χ2v) is 8.51. The van der Waals surface area contributed by atoms with E-state index in [1.54, 1.807) is 7.11 Å². The molecule has 4 aliphatic rings. The van der Waals surface area contributed by atoms with Crippen molar-refractivity contribution in [3.05, 3.63) is 24.1 Å². The Balaban J connectivity index is 1.38. The molecule has 4 nitrogen and oxygen atoms in total. The van der Waals surface area contributed by atoms with E-state index < -0.39 is 0 Å². The Kier molecular flexibility index (Phi) is 4.78. The molecule has 0 aromatic carbocycles. The Morgan fingerprint density at radius 3 is 2.80 bits per heavy atom. The number of ether oxygens (including phenoxy) is 2. The summed E-state index contributed by atoms with van der Waals surface area (Å²) in [6.45, 7) is 9.49. The maximum absolute atomic E-state index is 13.0. The third-order valence-electron chi connectivity index (χ3n) is 6.96. The van der Waals surface area contributed by atoms with Gasteiger partial charge in [-0.05, 0) is 57.2 Å². The number of fused-ring (bicyclic) bond motifs is 2. The zero-order chi connectivity index (χ0) is 17.5. The lowest BCUT2D eigenvalue weighted by molar-refractivity contribution is -0.00477. The number of nitrogens with zero attached hydrogens (tertiary/aromatic N) is 2. The van der Waals surface area contributed by atoms with Crippen molar-refractivity contribution in [3.8, 4) is 0 Å². The van der Waals surface area contributed by atoms with Crippen LogP contribution in [-0.4, -0.2) is 73.5 Å². The summed E-state index contributed by atoms with van der Waals surface area (Å²) in [7, 11) is 1.79. The van der Waals surface area contributed by atoms with Gasteiger partial charge >= 0.3 is 0 Å². The molecule has 5 heteroatoms. The van der Waals surface area contributed by atoms with Crippen LogP contribution >= 0.6 is 0 Å². The highest BCUT2D eigenvalue weighted by molar-refractivity contribution is 5.24. The van der Waals surface area contributed by atoms with Gasteiger partial charge in [0.1, 0.15) is 0 Å². The first kappa shape index (κ1) is 17.7. The summed E-state index contributed by atoms with van der Waals surface area (Å²) < 4.78 is 24.8. The van der Waals surface area contributed by atoms with E-state index in [9.17, 15) is 4.39 Å². The smallest absolute Gasteiger partial charge is 0.0872 e.